The average molecular weight is 237 g/mol. The van der Waals surface area contributed by atoms with E-state index in [1.807, 2.05) is 45.9 Å². The maximum absolute atomic E-state index is 11.4. The van der Waals surface area contributed by atoms with E-state index in [4.69, 9.17) is 4.74 Å². The van der Waals surface area contributed by atoms with Crippen molar-refractivity contribution in [2.24, 2.45) is 0 Å². The minimum atomic E-state index is -0.500. The molecule has 1 aromatic rings. The molecule has 0 unspecified atom stereocenters. The van der Waals surface area contributed by atoms with E-state index in [1.54, 1.807) is 6.20 Å². The number of aromatic nitrogens is 1. The maximum atomic E-state index is 11.4. The SMILES string of the molecule is C[C@@H](NNC(=O)OC(C)(C)C)c1ccccn1. The second kappa shape index (κ2) is 5.63. The summed E-state index contributed by atoms with van der Waals surface area (Å²) in [5, 5.41) is 0. The van der Waals surface area contributed by atoms with Gasteiger partial charge in [-0.3, -0.25) is 10.4 Å². The van der Waals surface area contributed by atoms with Gasteiger partial charge in [0, 0.05) is 6.20 Å². The van der Waals surface area contributed by atoms with Crippen LogP contribution in [-0.2, 0) is 4.74 Å². The van der Waals surface area contributed by atoms with Crippen molar-refractivity contribution in [3.63, 3.8) is 0 Å². The zero-order valence-electron chi connectivity index (χ0n) is 10.7. The van der Waals surface area contributed by atoms with Gasteiger partial charge in [-0.2, -0.15) is 0 Å². The number of nitrogens with one attached hydrogen (secondary N) is 2. The molecule has 0 saturated carbocycles. The molecule has 1 aromatic heterocycles. The van der Waals surface area contributed by atoms with Crippen LogP contribution in [0.1, 0.15) is 39.4 Å². The molecule has 0 radical (unpaired) electrons. The fourth-order valence-electron chi connectivity index (χ4n) is 1.18. The molecule has 0 aliphatic rings. The van der Waals surface area contributed by atoms with Crippen LogP contribution in [-0.4, -0.2) is 16.7 Å². The van der Waals surface area contributed by atoms with Crippen LogP contribution in [0.4, 0.5) is 4.79 Å². The highest BCUT2D eigenvalue weighted by Gasteiger charge is 2.16. The van der Waals surface area contributed by atoms with Crippen LogP contribution in [0.5, 0.6) is 0 Å². The van der Waals surface area contributed by atoms with Crippen LogP contribution in [0.3, 0.4) is 0 Å². The molecule has 2 N–H and O–H groups in total. The molecule has 17 heavy (non-hydrogen) atoms. The van der Waals surface area contributed by atoms with Crippen molar-refractivity contribution < 1.29 is 9.53 Å². The van der Waals surface area contributed by atoms with Crippen LogP contribution in [0.2, 0.25) is 0 Å². The summed E-state index contributed by atoms with van der Waals surface area (Å²) in [6.07, 6.45) is 1.21. The van der Waals surface area contributed by atoms with Gasteiger partial charge in [0.15, 0.2) is 0 Å². The second-order valence-corrected chi connectivity index (χ2v) is 4.75. The van der Waals surface area contributed by atoms with E-state index in [0.717, 1.165) is 5.69 Å². The average Bonchev–Trinajstić information content (AvgIpc) is 2.25. The van der Waals surface area contributed by atoms with Crippen molar-refractivity contribution in [1.82, 2.24) is 15.8 Å². The van der Waals surface area contributed by atoms with Crippen LogP contribution < -0.4 is 10.9 Å². The van der Waals surface area contributed by atoms with Gasteiger partial charge in [-0.1, -0.05) is 6.07 Å². The first-order valence-corrected chi connectivity index (χ1v) is 5.54. The summed E-state index contributed by atoms with van der Waals surface area (Å²) >= 11 is 0. The molecule has 94 valence electrons. The van der Waals surface area contributed by atoms with E-state index >= 15 is 0 Å². The van der Waals surface area contributed by atoms with Crippen LogP contribution in [0.15, 0.2) is 24.4 Å². The Bertz CT molecular complexity index is 360. The van der Waals surface area contributed by atoms with E-state index in [-0.39, 0.29) is 6.04 Å². The van der Waals surface area contributed by atoms with Gasteiger partial charge in [-0.05, 0) is 39.8 Å². The predicted molar refractivity (Wildman–Crippen MR) is 65.2 cm³/mol. The van der Waals surface area contributed by atoms with Gasteiger partial charge in [0.1, 0.15) is 5.60 Å². The minimum absolute atomic E-state index is 0.0799. The third-order valence-electron chi connectivity index (χ3n) is 1.92. The molecule has 1 atom stereocenters. The first-order chi connectivity index (χ1) is 7.88. The minimum Gasteiger partial charge on any atom is -0.443 e. The number of hydrogen-bond donors (Lipinski definition) is 2. The number of nitrogens with zero attached hydrogens (tertiary/aromatic N) is 1. The number of ether oxygens (including phenoxy) is 1. The lowest BCUT2D eigenvalue weighted by molar-refractivity contribution is 0.0489. The Labute approximate surface area is 102 Å². The van der Waals surface area contributed by atoms with E-state index in [9.17, 15) is 4.79 Å². The Balaban J connectivity index is 2.39. The fourth-order valence-corrected chi connectivity index (χ4v) is 1.18. The third-order valence-corrected chi connectivity index (χ3v) is 1.92. The number of hydrogen-bond acceptors (Lipinski definition) is 4. The highest BCUT2D eigenvalue weighted by Crippen LogP contribution is 2.08. The third kappa shape index (κ3) is 5.31. The molecule has 0 fully saturated rings. The lowest BCUT2D eigenvalue weighted by Crippen LogP contribution is -2.42. The summed E-state index contributed by atoms with van der Waals surface area (Å²) in [5.41, 5.74) is 5.67. The van der Waals surface area contributed by atoms with Gasteiger partial charge in [-0.25, -0.2) is 10.2 Å². The van der Waals surface area contributed by atoms with Crippen molar-refractivity contribution in [3.8, 4) is 0 Å². The predicted octanol–water partition coefficient (Wildman–Crippen LogP) is 2.17. The Hall–Kier alpha value is -1.62. The molecule has 0 aromatic carbocycles. The van der Waals surface area contributed by atoms with E-state index in [1.165, 1.54) is 0 Å². The molecular weight excluding hydrogens is 218 g/mol. The molecule has 5 nitrogen and oxygen atoms in total. The van der Waals surface area contributed by atoms with Crippen molar-refractivity contribution in [1.29, 1.82) is 0 Å². The first-order valence-electron chi connectivity index (χ1n) is 5.54. The normalized spacial score (nSPS) is 12.9. The smallest absolute Gasteiger partial charge is 0.422 e. The Morgan fingerprint density at radius 3 is 2.65 bits per heavy atom. The molecule has 1 amide bonds. The molecule has 5 heteroatoms. The van der Waals surface area contributed by atoms with E-state index in [0.29, 0.717) is 0 Å². The molecule has 0 aliphatic carbocycles. The van der Waals surface area contributed by atoms with Gasteiger partial charge >= 0.3 is 6.09 Å². The summed E-state index contributed by atoms with van der Waals surface area (Å²) in [5.74, 6) is 0. The molecule has 0 aliphatic heterocycles. The summed E-state index contributed by atoms with van der Waals surface area (Å²) in [7, 11) is 0. The quantitative estimate of drug-likeness (QED) is 0.791. The molecule has 0 saturated heterocycles. The zero-order valence-corrected chi connectivity index (χ0v) is 10.7. The summed E-state index contributed by atoms with van der Waals surface area (Å²) in [4.78, 5) is 15.6. The highest BCUT2D eigenvalue weighted by molar-refractivity contribution is 5.67. The van der Waals surface area contributed by atoms with Crippen molar-refractivity contribution in [2.45, 2.75) is 39.3 Å². The second-order valence-electron chi connectivity index (χ2n) is 4.75. The first kappa shape index (κ1) is 13.4. The van der Waals surface area contributed by atoms with Crippen molar-refractivity contribution in [2.75, 3.05) is 0 Å². The lowest BCUT2D eigenvalue weighted by Gasteiger charge is -2.21. The summed E-state index contributed by atoms with van der Waals surface area (Å²) in [6, 6.07) is 5.55. The monoisotopic (exact) mass is 237 g/mol. The van der Waals surface area contributed by atoms with Gasteiger partial charge in [-0.15, -0.1) is 0 Å². The maximum Gasteiger partial charge on any atom is 0.422 e. The molecular formula is C12H19N3O2. The van der Waals surface area contributed by atoms with E-state index in [2.05, 4.69) is 15.8 Å². The number of amides is 1. The number of hydrazine groups is 1. The number of carbonyl (C=O) groups excluding carboxylic acids is 1. The van der Waals surface area contributed by atoms with Crippen LogP contribution >= 0.6 is 0 Å². The lowest BCUT2D eigenvalue weighted by atomic mass is 10.2. The van der Waals surface area contributed by atoms with Gasteiger partial charge < -0.3 is 4.74 Å². The van der Waals surface area contributed by atoms with Crippen molar-refractivity contribution >= 4 is 6.09 Å². The number of pyridine rings is 1. The highest BCUT2D eigenvalue weighted by atomic mass is 16.6. The fraction of sp³-hybridized carbons (Fsp3) is 0.500. The van der Waals surface area contributed by atoms with Crippen LogP contribution in [0, 0.1) is 0 Å². The standard InChI is InChI=1S/C12H19N3O2/c1-9(10-7-5-6-8-13-10)14-15-11(16)17-12(2,3)4/h5-9,14H,1-4H3,(H,15,16)/t9-/m1/s1. The molecule has 0 bridgehead atoms. The topological polar surface area (TPSA) is 63.2 Å². The molecule has 1 rings (SSSR count). The van der Waals surface area contributed by atoms with E-state index < -0.39 is 11.7 Å². The molecule has 0 spiro atoms. The largest absolute Gasteiger partial charge is 0.443 e. The van der Waals surface area contributed by atoms with Crippen molar-refractivity contribution in [3.05, 3.63) is 30.1 Å². The summed E-state index contributed by atoms with van der Waals surface area (Å²) in [6.45, 7) is 7.35. The summed E-state index contributed by atoms with van der Waals surface area (Å²) < 4.78 is 5.09. The Morgan fingerprint density at radius 2 is 2.12 bits per heavy atom. The number of carbonyl (C=O) groups is 1. The van der Waals surface area contributed by atoms with Crippen LogP contribution in [0.25, 0.3) is 0 Å². The number of rotatable bonds is 3. The van der Waals surface area contributed by atoms with Gasteiger partial charge in [0.2, 0.25) is 0 Å². The zero-order chi connectivity index (χ0) is 12.9. The Morgan fingerprint density at radius 1 is 1.41 bits per heavy atom. The van der Waals surface area contributed by atoms with Gasteiger partial charge in [0.05, 0.1) is 11.7 Å². The molecule has 1 heterocycles. The van der Waals surface area contributed by atoms with Gasteiger partial charge in [0.25, 0.3) is 0 Å². The Kier molecular flexibility index (Phi) is 4.45.